The molecule has 5 rings (SSSR count). The molecule has 0 radical (unpaired) electrons. The quantitative estimate of drug-likeness (QED) is 0.642. The second-order valence-electron chi connectivity index (χ2n) is 8.95. The highest BCUT2D eigenvalue weighted by Crippen LogP contribution is 2.52. The second-order valence-corrected chi connectivity index (χ2v) is 8.95. The number of piperidine rings is 1. The van der Waals surface area contributed by atoms with E-state index in [0.717, 1.165) is 25.3 Å². The largest absolute Gasteiger partial charge is 0.360 e. The summed E-state index contributed by atoms with van der Waals surface area (Å²) in [5.41, 5.74) is 0.0840. The number of amides is 2. The predicted molar refractivity (Wildman–Crippen MR) is 109 cm³/mol. The molecule has 0 saturated carbocycles. The van der Waals surface area contributed by atoms with Crippen LogP contribution in [0.25, 0.3) is 0 Å². The van der Waals surface area contributed by atoms with Gasteiger partial charge in [-0.05, 0) is 25.9 Å². The lowest BCUT2D eigenvalue weighted by Crippen LogP contribution is -2.45. The average molecular weight is 412 g/mol. The summed E-state index contributed by atoms with van der Waals surface area (Å²) in [6.45, 7) is 4.75. The van der Waals surface area contributed by atoms with E-state index < -0.39 is 17.4 Å². The number of rotatable bonds is 6. The number of nitrogens with zero attached hydrogens (tertiary/aromatic N) is 5. The highest BCUT2D eigenvalue weighted by Gasteiger charge is 2.67. The van der Waals surface area contributed by atoms with Crippen molar-refractivity contribution in [2.45, 2.75) is 37.5 Å². The monoisotopic (exact) mass is 411 g/mol. The molecule has 1 aromatic heterocycles. The summed E-state index contributed by atoms with van der Waals surface area (Å²) in [7, 11) is 1.76. The van der Waals surface area contributed by atoms with Crippen molar-refractivity contribution in [1.29, 1.82) is 0 Å². The topological polar surface area (TPSA) is 78.9 Å². The Kier molecular flexibility index (Phi) is 5.06. The molecule has 0 unspecified atom stereocenters. The zero-order chi connectivity index (χ0) is 20.7. The first-order valence-corrected chi connectivity index (χ1v) is 11.0. The maximum Gasteiger partial charge on any atom is 0.230 e. The van der Waals surface area contributed by atoms with Crippen molar-refractivity contribution in [2.75, 3.05) is 39.8 Å². The van der Waals surface area contributed by atoms with Gasteiger partial charge in [0.2, 0.25) is 11.8 Å². The van der Waals surface area contributed by atoms with Crippen molar-refractivity contribution in [3.05, 3.63) is 36.4 Å². The SMILES string of the molecule is CN(Cc1cnccn1)C(=O)[C@H]1[C@@H]2C=C[C@@]3(CN(CCN4CCCCC4)C(=O)[C@H]13)O2. The minimum atomic E-state index is -0.642. The number of hydrogen-bond acceptors (Lipinski definition) is 6. The van der Waals surface area contributed by atoms with Crippen LogP contribution in [0.1, 0.15) is 25.0 Å². The van der Waals surface area contributed by atoms with Gasteiger partial charge in [-0.15, -0.1) is 0 Å². The first-order valence-electron chi connectivity index (χ1n) is 11.0. The molecular weight excluding hydrogens is 382 g/mol. The van der Waals surface area contributed by atoms with Crippen molar-refractivity contribution in [1.82, 2.24) is 24.7 Å². The highest BCUT2D eigenvalue weighted by atomic mass is 16.5. The summed E-state index contributed by atoms with van der Waals surface area (Å²) in [6, 6.07) is 0. The van der Waals surface area contributed by atoms with Crippen LogP contribution in [-0.4, -0.2) is 88.0 Å². The summed E-state index contributed by atoms with van der Waals surface area (Å²) in [6.07, 6.45) is 12.3. The zero-order valence-electron chi connectivity index (χ0n) is 17.4. The van der Waals surface area contributed by atoms with Crippen molar-refractivity contribution in [3.8, 4) is 0 Å². The standard InChI is InChI=1S/C22H29N5O3/c1-25(14-16-13-23-7-8-24-16)20(28)18-17-5-6-22(30-17)15-27(21(29)19(18)22)12-11-26-9-3-2-4-10-26/h5-8,13,17-19H,2-4,9-12,14-15H2,1H3/t17-,18-,19-,22-/m0/s1. The molecule has 1 aromatic rings. The molecule has 8 nitrogen and oxygen atoms in total. The molecular formula is C22H29N5O3. The van der Waals surface area contributed by atoms with Crippen molar-refractivity contribution in [2.24, 2.45) is 11.8 Å². The van der Waals surface area contributed by atoms with Crippen molar-refractivity contribution < 1.29 is 14.3 Å². The Hall–Kier alpha value is -2.32. The van der Waals surface area contributed by atoms with Gasteiger partial charge in [-0.3, -0.25) is 19.6 Å². The highest BCUT2D eigenvalue weighted by molar-refractivity contribution is 5.93. The van der Waals surface area contributed by atoms with Crippen LogP contribution in [0.15, 0.2) is 30.7 Å². The van der Waals surface area contributed by atoms with Crippen LogP contribution in [0.4, 0.5) is 0 Å². The molecule has 4 aliphatic rings. The van der Waals surface area contributed by atoms with E-state index in [-0.39, 0.29) is 17.9 Å². The predicted octanol–water partition coefficient (Wildman–Crippen LogP) is 0.703. The van der Waals surface area contributed by atoms with E-state index in [2.05, 4.69) is 14.9 Å². The van der Waals surface area contributed by atoms with Gasteiger partial charge in [-0.25, -0.2) is 0 Å². The normalized spacial score (nSPS) is 32.6. The summed E-state index contributed by atoms with van der Waals surface area (Å²) >= 11 is 0. The summed E-state index contributed by atoms with van der Waals surface area (Å²) in [4.78, 5) is 41.0. The van der Waals surface area contributed by atoms with Gasteiger partial charge >= 0.3 is 0 Å². The average Bonchev–Trinajstić information content (AvgIpc) is 3.41. The summed E-state index contributed by atoms with van der Waals surface area (Å²) < 4.78 is 6.25. The van der Waals surface area contributed by atoms with Crippen LogP contribution in [0, 0.1) is 11.8 Å². The summed E-state index contributed by atoms with van der Waals surface area (Å²) in [5, 5.41) is 0. The fraction of sp³-hybridized carbons (Fsp3) is 0.636. The number of fused-ring (bicyclic) bond motifs is 1. The smallest absolute Gasteiger partial charge is 0.230 e. The zero-order valence-corrected chi connectivity index (χ0v) is 17.4. The lowest BCUT2D eigenvalue weighted by molar-refractivity contribution is -0.142. The van der Waals surface area contributed by atoms with Gasteiger partial charge in [0.05, 0.1) is 42.9 Å². The van der Waals surface area contributed by atoms with E-state index in [0.29, 0.717) is 19.6 Å². The lowest BCUT2D eigenvalue weighted by Gasteiger charge is -2.29. The molecule has 4 atom stereocenters. The Labute approximate surface area is 176 Å². The maximum atomic E-state index is 13.3. The second kappa shape index (κ2) is 7.74. The van der Waals surface area contributed by atoms with Crippen LogP contribution in [0.3, 0.4) is 0 Å². The molecule has 4 aliphatic heterocycles. The molecule has 0 aromatic carbocycles. The van der Waals surface area contributed by atoms with E-state index in [4.69, 9.17) is 4.74 Å². The first kappa shape index (κ1) is 19.6. The van der Waals surface area contributed by atoms with Gasteiger partial charge in [-0.1, -0.05) is 18.6 Å². The van der Waals surface area contributed by atoms with Gasteiger partial charge in [-0.2, -0.15) is 0 Å². The lowest BCUT2D eigenvalue weighted by atomic mass is 9.76. The number of carbonyl (C=O) groups is 2. The molecule has 2 amide bonds. The van der Waals surface area contributed by atoms with Crippen LogP contribution >= 0.6 is 0 Å². The van der Waals surface area contributed by atoms with Gasteiger partial charge in [0, 0.05) is 32.5 Å². The number of hydrogen-bond donors (Lipinski definition) is 0. The molecule has 1 spiro atoms. The molecule has 8 heteroatoms. The summed E-state index contributed by atoms with van der Waals surface area (Å²) in [5.74, 6) is -0.895. The van der Waals surface area contributed by atoms with Crippen LogP contribution in [0.2, 0.25) is 0 Å². The number of aromatic nitrogens is 2. The van der Waals surface area contributed by atoms with E-state index in [1.807, 2.05) is 17.1 Å². The van der Waals surface area contributed by atoms with E-state index >= 15 is 0 Å². The Morgan fingerprint density at radius 1 is 1.27 bits per heavy atom. The molecule has 3 fully saturated rings. The van der Waals surface area contributed by atoms with E-state index in [1.165, 1.54) is 19.3 Å². The van der Waals surface area contributed by atoms with Gasteiger partial charge in [0.25, 0.3) is 0 Å². The molecule has 0 N–H and O–H groups in total. The molecule has 0 aliphatic carbocycles. The maximum absolute atomic E-state index is 13.3. The Morgan fingerprint density at radius 2 is 2.10 bits per heavy atom. The third kappa shape index (κ3) is 3.32. The minimum absolute atomic E-state index is 0.0603. The van der Waals surface area contributed by atoms with Crippen molar-refractivity contribution in [3.63, 3.8) is 0 Å². The molecule has 160 valence electrons. The molecule has 5 heterocycles. The minimum Gasteiger partial charge on any atom is -0.360 e. The van der Waals surface area contributed by atoms with Gasteiger partial charge < -0.3 is 19.4 Å². The first-order chi connectivity index (χ1) is 14.6. The third-order valence-corrected chi connectivity index (χ3v) is 6.99. The Morgan fingerprint density at radius 3 is 2.87 bits per heavy atom. The Balaban J connectivity index is 1.28. The van der Waals surface area contributed by atoms with Crippen molar-refractivity contribution >= 4 is 11.8 Å². The molecule has 30 heavy (non-hydrogen) atoms. The van der Waals surface area contributed by atoms with Gasteiger partial charge in [0.15, 0.2) is 0 Å². The number of ether oxygens (including phenoxy) is 1. The van der Waals surface area contributed by atoms with Crippen LogP contribution in [0.5, 0.6) is 0 Å². The number of carbonyl (C=O) groups excluding carboxylic acids is 2. The van der Waals surface area contributed by atoms with Crippen LogP contribution in [-0.2, 0) is 20.9 Å². The number of likely N-dealkylation sites (tertiary alicyclic amines) is 2. The fourth-order valence-corrected chi connectivity index (χ4v) is 5.48. The molecule has 3 saturated heterocycles. The van der Waals surface area contributed by atoms with E-state index in [9.17, 15) is 9.59 Å². The van der Waals surface area contributed by atoms with Crippen LogP contribution < -0.4 is 0 Å². The Bertz CT molecular complexity index is 840. The fourth-order valence-electron chi connectivity index (χ4n) is 5.48. The van der Waals surface area contributed by atoms with E-state index in [1.54, 1.807) is 30.5 Å². The molecule has 2 bridgehead atoms. The third-order valence-electron chi connectivity index (χ3n) is 6.99. The van der Waals surface area contributed by atoms with Gasteiger partial charge in [0.1, 0.15) is 5.60 Å².